The first-order valence-corrected chi connectivity index (χ1v) is 8.33. The van der Waals surface area contributed by atoms with Crippen molar-refractivity contribution in [1.29, 1.82) is 0 Å². The van der Waals surface area contributed by atoms with Gasteiger partial charge in [0.2, 0.25) is 0 Å². The predicted octanol–water partition coefficient (Wildman–Crippen LogP) is 3.07. The lowest BCUT2D eigenvalue weighted by Gasteiger charge is -2.46. The molecule has 2 heterocycles. The molecular weight excluding hydrogens is 332 g/mol. The molecule has 1 N–H and O–H groups in total. The molecule has 0 spiro atoms. The van der Waals surface area contributed by atoms with E-state index in [4.69, 9.17) is 0 Å². The summed E-state index contributed by atoms with van der Waals surface area (Å²) in [6, 6.07) is 6.10. The van der Waals surface area contributed by atoms with Crippen molar-refractivity contribution < 1.29 is 9.90 Å². The van der Waals surface area contributed by atoms with E-state index in [1.165, 1.54) is 19.4 Å². The first-order valence-electron chi connectivity index (χ1n) is 7.54. The molecule has 2 fully saturated rings. The van der Waals surface area contributed by atoms with Crippen LogP contribution in [0.4, 0.5) is 5.69 Å². The van der Waals surface area contributed by atoms with Crippen LogP contribution in [0.3, 0.4) is 0 Å². The fourth-order valence-electron chi connectivity index (χ4n) is 3.82. The van der Waals surface area contributed by atoms with E-state index in [0.29, 0.717) is 17.5 Å². The zero-order chi connectivity index (χ0) is 15.0. The number of likely N-dealkylation sites (tertiary alicyclic amines) is 1. The summed E-state index contributed by atoms with van der Waals surface area (Å²) in [6.07, 6.45) is 3.62. The third-order valence-corrected chi connectivity index (χ3v) is 5.37. The minimum absolute atomic E-state index is 0.404. The molecule has 0 amide bonds. The summed E-state index contributed by atoms with van der Waals surface area (Å²) in [5.74, 6) is -0.196. The van der Waals surface area contributed by atoms with Gasteiger partial charge in [0.15, 0.2) is 0 Å². The molecule has 3 rings (SSSR count). The Morgan fingerprint density at radius 2 is 2.14 bits per heavy atom. The van der Waals surface area contributed by atoms with Gasteiger partial charge in [-0.15, -0.1) is 0 Å². The third kappa shape index (κ3) is 2.94. The quantitative estimate of drug-likeness (QED) is 0.888. The van der Waals surface area contributed by atoms with Crippen LogP contribution in [0.15, 0.2) is 22.7 Å². The highest BCUT2D eigenvalue weighted by Gasteiger charge is 2.35. The molecule has 0 bridgehead atoms. The molecule has 1 aromatic carbocycles. The summed E-state index contributed by atoms with van der Waals surface area (Å²) in [7, 11) is 2.22. The standard InChI is InChI=1S/C16H21BrN2O2/c1-18-7-2-3-11-10-19(8-6-14(11)18)15-9-12(17)4-5-13(15)16(20)21/h4-5,9,11,14H,2-3,6-8,10H2,1H3,(H,20,21). The predicted molar refractivity (Wildman–Crippen MR) is 87.1 cm³/mol. The van der Waals surface area contributed by atoms with Crippen LogP contribution in [0, 0.1) is 5.92 Å². The monoisotopic (exact) mass is 352 g/mol. The number of rotatable bonds is 2. The second-order valence-electron chi connectivity index (χ2n) is 6.15. The Hall–Kier alpha value is -1.07. The molecule has 0 saturated carbocycles. The lowest BCUT2D eigenvalue weighted by molar-refractivity contribution is 0.0696. The van der Waals surface area contributed by atoms with Gasteiger partial charge in [0.1, 0.15) is 0 Å². The molecule has 4 nitrogen and oxygen atoms in total. The van der Waals surface area contributed by atoms with Gasteiger partial charge < -0.3 is 14.9 Å². The van der Waals surface area contributed by atoms with Crippen molar-refractivity contribution in [1.82, 2.24) is 4.90 Å². The molecule has 0 aliphatic carbocycles. The fraction of sp³-hybridized carbons (Fsp3) is 0.562. The van der Waals surface area contributed by atoms with Crippen LogP contribution >= 0.6 is 15.9 Å². The van der Waals surface area contributed by atoms with Crippen molar-refractivity contribution in [2.45, 2.75) is 25.3 Å². The van der Waals surface area contributed by atoms with Gasteiger partial charge in [0, 0.05) is 23.6 Å². The number of hydrogen-bond donors (Lipinski definition) is 1. The van der Waals surface area contributed by atoms with Crippen molar-refractivity contribution >= 4 is 27.6 Å². The first-order chi connectivity index (χ1) is 10.1. The number of piperidine rings is 2. The summed E-state index contributed by atoms with van der Waals surface area (Å²) < 4.78 is 0.936. The largest absolute Gasteiger partial charge is 0.478 e. The number of hydrogen-bond acceptors (Lipinski definition) is 3. The van der Waals surface area contributed by atoms with Crippen LogP contribution in [-0.4, -0.2) is 48.7 Å². The van der Waals surface area contributed by atoms with Gasteiger partial charge in [-0.05, 0) is 57.0 Å². The number of carboxylic acid groups (broad SMARTS) is 1. The van der Waals surface area contributed by atoms with E-state index in [1.807, 2.05) is 6.07 Å². The van der Waals surface area contributed by atoms with Crippen molar-refractivity contribution in [3.63, 3.8) is 0 Å². The average Bonchev–Trinajstić information content (AvgIpc) is 2.46. The SMILES string of the molecule is CN1CCCC2CN(c3cc(Br)ccc3C(=O)O)CCC21. The molecule has 0 radical (unpaired) electrons. The second-order valence-corrected chi connectivity index (χ2v) is 7.07. The Labute approximate surface area is 133 Å². The number of fused-ring (bicyclic) bond motifs is 1. The lowest BCUT2D eigenvalue weighted by atomic mass is 9.84. The molecule has 0 aromatic heterocycles. The Morgan fingerprint density at radius 3 is 2.90 bits per heavy atom. The summed E-state index contributed by atoms with van der Waals surface area (Å²) >= 11 is 3.46. The number of carboxylic acids is 1. The number of aromatic carboxylic acids is 1. The van der Waals surface area contributed by atoms with E-state index in [2.05, 4.69) is 32.8 Å². The maximum atomic E-state index is 11.5. The van der Waals surface area contributed by atoms with E-state index < -0.39 is 5.97 Å². The summed E-state index contributed by atoms with van der Waals surface area (Å²) in [6.45, 7) is 3.09. The third-order valence-electron chi connectivity index (χ3n) is 4.88. The average molecular weight is 353 g/mol. The topological polar surface area (TPSA) is 43.8 Å². The van der Waals surface area contributed by atoms with Gasteiger partial charge >= 0.3 is 5.97 Å². The highest BCUT2D eigenvalue weighted by molar-refractivity contribution is 9.10. The van der Waals surface area contributed by atoms with Gasteiger partial charge in [-0.2, -0.15) is 0 Å². The number of carbonyl (C=O) groups is 1. The van der Waals surface area contributed by atoms with E-state index >= 15 is 0 Å². The number of anilines is 1. The Bertz CT molecular complexity index is 549. The van der Waals surface area contributed by atoms with Crippen LogP contribution in [0.2, 0.25) is 0 Å². The molecule has 2 aliphatic rings. The smallest absolute Gasteiger partial charge is 0.337 e. The van der Waals surface area contributed by atoms with E-state index in [1.54, 1.807) is 12.1 Å². The normalized spacial score (nSPS) is 26.5. The number of nitrogens with zero attached hydrogens (tertiary/aromatic N) is 2. The van der Waals surface area contributed by atoms with Crippen LogP contribution < -0.4 is 4.90 Å². The van der Waals surface area contributed by atoms with Crippen LogP contribution in [-0.2, 0) is 0 Å². The van der Waals surface area contributed by atoms with Gasteiger partial charge in [-0.1, -0.05) is 15.9 Å². The van der Waals surface area contributed by atoms with Gasteiger partial charge in [-0.3, -0.25) is 0 Å². The maximum Gasteiger partial charge on any atom is 0.337 e. The Kier molecular flexibility index (Phi) is 4.22. The summed E-state index contributed by atoms with van der Waals surface area (Å²) in [5.41, 5.74) is 1.25. The Balaban J connectivity index is 1.85. The zero-order valence-corrected chi connectivity index (χ0v) is 13.8. The molecule has 2 saturated heterocycles. The van der Waals surface area contributed by atoms with Crippen molar-refractivity contribution in [3.05, 3.63) is 28.2 Å². The van der Waals surface area contributed by atoms with Gasteiger partial charge in [0.05, 0.1) is 11.3 Å². The van der Waals surface area contributed by atoms with Crippen molar-refractivity contribution in [3.8, 4) is 0 Å². The number of halogens is 1. The number of benzene rings is 1. The lowest BCUT2D eigenvalue weighted by Crippen LogP contribution is -2.53. The van der Waals surface area contributed by atoms with Crippen LogP contribution in [0.25, 0.3) is 0 Å². The molecule has 5 heteroatoms. The van der Waals surface area contributed by atoms with Crippen LogP contribution in [0.5, 0.6) is 0 Å². The molecule has 2 unspecified atom stereocenters. The maximum absolute atomic E-state index is 11.5. The fourth-order valence-corrected chi connectivity index (χ4v) is 4.17. The van der Waals surface area contributed by atoms with Gasteiger partial charge in [-0.25, -0.2) is 4.79 Å². The molecule has 2 aliphatic heterocycles. The van der Waals surface area contributed by atoms with E-state index in [0.717, 1.165) is 29.7 Å². The molecule has 1 aromatic rings. The highest BCUT2D eigenvalue weighted by atomic mass is 79.9. The van der Waals surface area contributed by atoms with Crippen molar-refractivity contribution in [2.24, 2.45) is 5.92 Å². The van der Waals surface area contributed by atoms with Gasteiger partial charge in [0.25, 0.3) is 0 Å². The van der Waals surface area contributed by atoms with Crippen LogP contribution in [0.1, 0.15) is 29.6 Å². The summed E-state index contributed by atoms with van der Waals surface area (Å²) in [4.78, 5) is 16.2. The Morgan fingerprint density at radius 1 is 1.33 bits per heavy atom. The molecular formula is C16H21BrN2O2. The van der Waals surface area contributed by atoms with E-state index in [9.17, 15) is 9.90 Å². The molecule has 2 atom stereocenters. The van der Waals surface area contributed by atoms with E-state index in [-0.39, 0.29) is 0 Å². The second kappa shape index (κ2) is 5.97. The van der Waals surface area contributed by atoms with Crippen molar-refractivity contribution in [2.75, 3.05) is 31.6 Å². The highest BCUT2D eigenvalue weighted by Crippen LogP contribution is 2.34. The minimum Gasteiger partial charge on any atom is -0.478 e. The first kappa shape index (κ1) is 14.9. The minimum atomic E-state index is -0.847. The molecule has 114 valence electrons. The zero-order valence-electron chi connectivity index (χ0n) is 12.3. The summed E-state index contributed by atoms with van der Waals surface area (Å²) in [5, 5.41) is 9.41. The molecule has 21 heavy (non-hydrogen) atoms.